The van der Waals surface area contributed by atoms with Gasteiger partial charge in [0.1, 0.15) is 0 Å². The zero-order valence-corrected chi connectivity index (χ0v) is 19.4. The van der Waals surface area contributed by atoms with Crippen molar-refractivity contribution in [2.45, 2.75) is 31.3 Å². The maximum absolute atomic E-state index is 13.0. The standard InChI is InChI=1S/C25H24Cl2N4O2/c26-20-8-3-16(14-21(20)27)15-23(32)31-13-1-2-22(31)24(28)17-4-6-18(7-5-17)25(33)30-19-9-11-29-12-10-19/h3-12,14,22,24H,1-2,13,15,28H2,(H,29,30,33). The Morgan fingerprint density at radius 3 is 2.48 bits per heavy atom. The summed E-state index contributed by atoms with van der Waals surface area (Å²) in [4.78, 5) is 31.3. The number of pyridine rings is 1. The van der Waals surface area contributed by atoms with E-state index in [0.29, 0.717) is 27.8 Å². The molecule has 1 aliphatic rings. The molecule has 3 aromatic rings. The lowest BCUT2D eigenvalue weighted by molar-refractivity contribution is -0.131. The van der Waals surface area contributed by atoms with E-state index in [9.17, 15) is 9.59 Å². The molecular weight excluding hydrogens is 459 g/mol. The van der Waals surface area contributed by atoms with Crippen molar-refractivity contribution in [1.29, 1.82) is 0 Å². The summed E-state index contributed by atoms with van der Waals surface area (Å²) >= 11 is 12.1. The van der Waals surface area contributed by atoms with E-state index in [1.165, 1.54) is 0 Å². The molecule has 0 aliphatic carbocycles. The molecule has 2 amide bonds. The Balaban J connectivity index is 1.42. The topological polar surface area (TPSA) is 88.3 Å². The molecule has 33 heavy (non-hydrogen) atoms. The van der Waals surface area contributed by atoms with Gasteiger partial charge in [0.2, 0.25) is 5.91 Å². The van der Waals surface area contributed by atoms with Crippen LogP contribution < -0.4 is 11.1 Å². The van der Waals surface area contributed by atoms with Gasteiger partial charge in [-0.05, 0) is 60.4 Å². The van der Waals surface area contributed by atoms with Crippen LogP contribution in [0, 0.1) is 0 Å². The van der Waals surface area contributed by atoms with Crippen LogP contribution in [0.2, 0.25) is 10.0 Å². The van der Waals surface area contributed by atoms with Crippen molar-refractivity contribution in [3.63, 3.8) is 0 Å². The maximum atomic E-state index is 13.0. The number of rotatable bonds is 6. The molecule has 8 heteroatoms. The molecule has 3 N–H and O–H groups in total. The Morgan fingerprint density at radius 1 is 1.06 bits per heavy atom. The van der Waals surface area contributed by atoms with Crippen molar-refractivity contribution >= 4 is 40.7 Å². The number of nitrogens with one attached hydrogen (secondary N) is 1. The second-order valence-electron chi connectivity index (χ2n) is 8.06. The van der Waals surface area contributed by atoms with Crippen molar-refractivity contribution in [3.8, 4) is 0 Å². The van der Waals surface area contributed by atoms with Crippen LogP contribution in [0.3, 0.4) is 0 Å². The zero-order valence-electron chi connectivity index (χ0n) is 17.9. The highest BCUT2D eigenvalue weighted by molar-refractivity contribution is 6.42. The quantitative estimate of drug-likeness (QED) is 0.524. The summed E-state index contributed by atoms with van der Waals surface area (Å²) in [5.74, 6) is -0.194. The summed E-state index contributed by atoms with van der Waals surface area (Å²) in [5, 5.41) is 3.73. The number of aromatic nitrogens is 1. The van der Waals surface area contributed by atoms with Crippen molar-refractivity contribution < 1.29 is 9.59 Å². The average molecular weight is 483 g/mol. The number of hydrogen-bond donors (Lipinski definition) is 2. The van der Waals surface area contributed by atoms with Gasteiger partial charge in [0.05, 0.1) is 28.5 Å². The van der Waals surface area contributed by atoms with Gasteiger partial charge in [0, 0.05) is 30.2 Å². The SMILES string of the molecule is NC(c1ccc(C(=O)Nc2ccncc2)cc1)C1CCCN1C(=O)Cc1ccc(Cl)c(Cl)c1. The van der Waals surface area contributed by atoms with Crippen LogP contribution in [0.4, 0.5) is 5.69 Å². The Bertz CT molecular complexity index is 1140. The lowest BCUT2D eigenvalue weighted by Crippen LogP contribution is -2.42. The third-order valence-corrected chi connectivity index (χ3v) is 6.61. The maximum Gasteiger partial charge on any atom is 0.255 e. The number of halogens is 2. The third kappa shape index (κ3) is 5.53. The Hall–Kier alpha value is -2.93. The van der Waals surface area contributed by atoms with Gasteiger partial charge in [-0.25, -0.2) is 0 Å². The summed E-state index contributed by atoms with van der Waals surface area (Å²) in [6, 6.07) is 15.5. The van der Waals surface area contributed by atoms with E-state index in [2.05, 4.69) is 10.3 Å². The predicted molar refractivity (Wildman–Crippen MR) is 130 cm³/mol. The number of anilines is 1. The molecule has 0 radical (unpaired) electrons. The van der Waals surface area contributed by atoms with Crippen molar-refractivity contribution in [3.05, 3.63) is 93.7 Å². The van der Waals surface area contributed by atoms with Crippen LogP contribution in [0.5, 0.6) is 0 Å². The number of nitrogens with zero attached hydrogens (tertiary/aromatic N) is 2. The molecule has 2 unspecified atom stereocenters. The van der Waals surface area contributed by atoms with E-state index in [4.69, 9.17) is 28.9 Å². The predicted octanol–water partition coefficient (Wildman–Crippen LogP) is 4.87. The van der Waals surface area contributed by atoms with Crippen LogP contribution in [-0.2, 0) is 11.2 Å². The van der Waals surface area contributed by atoms with Crippen LogP contribution in [0.25, 0.3) is 0 Å². The minimum absolute atomic E-state index is 0.0136. The number of benzene rings is 2. The molecule has 0 bridgehead atoms. The number of hydrogen-bond acceptors (Lipinski definition) is 4. The van der Waals surface area contributed by atoms with Gasteiger partial charge in [-0.2, -0.15) is 0 Å². The number of nitrogens with two attached hydrogens (primary N) is 1. The van der Waals surface area contributed by atoms with Gasteiger partial charge in [0.15, 0.2) is 0 Å². The lowest BCUT2D eigenvalue weighted by atomic mass is 9.96. The fourth-order valence-electron chi connectivity index (χ4n) is 4.12. The minimum atomic E-state index is -0.345. The van der Waals surface area contributed by atoms with Crippen molar-refractivity contribution in [2.24, 2.45) is 5.73 Å². The Labute approximate surface area is 202 Å². The smallest absolute Gasteiger partial charge is 0.255 e. The molecule has 1 aromatic heterocycles. The lowest BCUT2D eigenvalue weighted by Gasteiger charge is -2.30. The summed E-state index contributed by atoms with van der Waals surface area (Å²) in [7, 11) is 0. The molecule has 0 saturated carbocycles. The molecule has 2 heterocycles. The van der Waals surface area contributed by atoms with Gasteiger partial charge in [-0.15, -0.1) is 0 Å². The van der Waals surface area contributed by atoms with Crippen LogP contribution in [-0.4, -0.2) is 34.3 Å². The van der Waals surface area contributed by atoms with Crippen LogP contribution >= 0.6 is 23.2 Å². The molecular formula is C25H24Cl2N4O2. The summed E-state index contributed by atoms with van der Waals surface area (Å²) in [6.45, 7) is 0.672. The first-order valence-corrected chi connectivity index (χ1v) is 11.5. The number of carbonyl (C=O) groups excluding carboxylic acids is 2. The zero-order chi connectivity index (χ0) is 23.4. The second kappa shape index (κ2) is 10.3. The highest BCUT2D eigenvalue weighted by Crippen LogP contribution is 2.29. The van der Waals surface area contributed by atoms with Gasteiger partial charge < -0.3 is 16.0 Å². The highest BCUT2D eigenvalue weighted by Gasteiger charge is 2.33. The van der Waals surface area contributed by atoms with Crippen LogP contribution in [0.15, 0.2) is 67.0 Å². The Kier molecular flexibility index (Phi) is 7.28. The molecule has 2 atom stereocenters. The molecule has 170 valence electrons. The van der Waals surface area contributed by atoms with Crippen LogP contribution in [0.1, 0.15) is 40.4 Å². The number of likely N-dealkylation sites (tertiary alicyclic amines) is 1. The minimum Gasteiger partial charge on any atom is -0.338 e. The van der Waals surface area contributed by atoms with E-state index in [1.54, 1.807) is 48.8 Å². The summed E-state index contributed by atoms with van der Waals surface area (Å²) in [5.41, 5.74) is 9.49. The van der Waals surface area contributed by atoms with Gasteiger partial charge >= 0.3 is 0 Å². The molecule has 4 rings (SSSR count). The normalized spacial score (nSPS) is 16.5. The highest BCUT2D eigenvalue weighted by atomic mass is 35.5. The van der Waals surface area contributed by atoms with E-state index >= 15 is 0 Å². The summed E-state index contributed by atoms with van der Waals surface area (Å²) in [6.07, 6.45) is 5.21. The monoisotopic (exact) mass is 482 g/mol. The third-order valence-electron chi connectivity index (χ3n) is 5.87. The molecule has 1 fully saturated rings. The molecule has 1 saturated heterocycles. The van der Waals surface area contributed by atoms with Crippen molar-refractivity contribution in [2.75, 3.05) is 11.9 Å². The Morgan fingerprint density at radius 2 is 1.79 bits per heavy atom. The second-order valence-corrected chi connectivity index (χ2v) is 8.87. The average Bonchev–Trinajstić information content (AvgIpc) is 3.32. The van der Waals surface area contributed by atoms with E-state index in [0.717, 1.165) is 24.0 Å². The fraction of sp³-hybridized carbons (Fsp3) is 0.240. The molecule has 0 spiro atoms. The first-order chi connectivity index (χ1) is 15.9. The number of carbonyl (C=O) groups is 2. The largest absolute Gasteiger partial charge is 0.338 e. The van der Waals surface area contributed by atoms with E-state index in [1.807, 2.05) is 23.1 Å². The van der Waals surface area contributed by atoms with E-state index < -0.39 is 0 Å². The van der Waals surface area contributed by atoms with Gasteiger partial charge in [0.25, 0.3) is 5.91 Å². The molecule has 6 nitrogen and oxygen atoms in total. The fourth-order valence-corrected chi connectivity index (χ4v) is 4.44. The molecule has 2 aromatic carbocycles. The summed E-state index contributed by atoms with van der Waals surface area (Å²) < 4.78 is 0. The van der Waals surface area contributed by atoms with Gasteiger partial charge in [-0.3, -0.25) is 14.6 Å². The number of amides is 2. The first-order valence-electron chi connectivity index (χ1n) is 10.7. The van der Waals surface area contributed by atoms with E-state index in [-0.39, 0.29) is 30.3 Å². The first kappa shape index (κ1) is 23.2. The van der Waals surface area contributed by atoms with Crippen molar-refractivity contribution in [1.82, 2.24) is 9.88 Å². The molecule has 1 aliphatic heterocycles. The van der Waals surface area contributed by atoms with Gasteiger partial charge in [-0.1, -0.05) is 41.4 Å².